The Balaban J connectivity index is 1.78. The van der Waals surface area contributed by atoms with Gasteiger partial charge in [0.25, 0.3) is 5.91 Å². The predicted octanol–water partition coefficient (Wildman–Crippen LogP) is 2.70. The highest BCUT2D eigenvalue weighted by Gasteiger charge is 2.28. The Labute approximate surface area is 167 Å². The number of aromatic nitrogens is 2. The highest BCUT2D eigenvalue weighted by molar-refractivity contribution is 7.89. The molecule has 7 nitrogen and oxygen atoms in total. The summed E-state index contributed by atoms with van der Waals surface area (Å²) in [6.07, 6.45) is 7.25. The van der Waals surface area contributed by atoms with Gasteiger partial charge in [-0.2, -0.15) is 4.31 Å². The molecule has 1 aromatic carbocycles. The van der Waals surface area contributed by atoms with Crippen LogP contribution in [0.5, 0.6) is 0 Å². The largest absolute Gasteiger partial charge is 0.338 e. The van der Waals surface area contributed by atoms with E-state index in [1.54, 1.807) is 25.3 Å². The highest BCUT2D eigenvalue weighted by Crippen LogP contribution is 2.25. The Kier molecular flexibility index (Phi) is 6.20. The second-order valence-corrected chi connectivity index (χ2v) is 9.01. The van der Waals surface area contributed by atoms with Crippen LogP contribution in [0, 0.1) is 6.92 Å². The van der Waals surface area contributed by atoms with Crippen molar-refractivity contribution in [1.82, 2.24) is 18.8 Å². The maximum atomic E-state index is 13.0. The molecule has 0 N–H and O–H groups in total. The van der Waals surface area contributed by atoms with Crippen LogP contribution in [0.3, 0.4) is 0 Å². The molecule has 0 bridgehead atoms. The highest BCUT2D eigenvalue weighted by atomic mass is 32.2. The smallest absolute Gasteiger partial charge is 0.253 e. The van der Waals surface area contributed by atoms with Gasteiger partial charge >= 0.3 is 0 Å². The minimum Gasteiger partial charge on any atom is -0.338 e. The Morgan fingerprint density at radius 3 is 2.46 bits per heavy atom. The summed E-state index contributed by atoms with van der Waals surface area (Å²) in [5.74, 6) is -0.111. The number of carbonyl (C=O) groups excluding carboxylic acids is 1. The molecular weight excluding hydrogens is 376 g/mol. The normalized spacial score (nSPS) is 15.9. The van der Waals surface area contributed by atoms with E-state index in [1.807, 2.05) is 31.3 Å². The zero-order valence-corrected chi connectivity index (χ0v) is 17.5. The first-order valence-corrected chi connectivity index (χ1v) is 11.2. The summed E-state index contributed by atoms with van der Waals surface area (Å²) in [5.41, 5.74) is 1.08. The fourth-order valence-electron chi connectivity index (χ4n) is 3.75. The average molecular weight is 405 g/mol. The summed E-state index contributed by atoms with van der Waals surface area (Å²) in [4.78, 5) is 19.1. The van der Waals surface area contributed by atoms with E-state index in [9.17, 15) is 13.2 Å². The van der Waals surface area contributed by atoms with Crippen molar-refractivity contribution in [3.05, 3.63) is 48.0 Å². The van der Waals surface area contributed by atoms with Gasteiger partial charge < -0.3 is 9.47 Å². The molecule has 28 heavy (non-hydrogen) atoms. The van der Waals surface area contributed by atoms with Gasteiger partial charge in [0.05, 0.1) is 11.2 Å². The van der Waals surface area contributed by atoms with Gasteiger partial charge in [-0.15, -0.1) is 0 Å². The van der Waals surface area contributed by atoms with Crippen molar-refractivity contribution in [2.24, 2.45) is 0 Å². The van der Waals surface area contributed by atoms with Crippen molar-refractivity contribution in [3.63, 3.8) is 0 Å². The van der Waals surface area contributed by atoms with Crippen LogP contribution in [0.2, 0.25) is 0 Å². The SMILES string of the molecule is CCN(CC)S(=O)(=O)c1cc(C(=O)N2CCC(n3ccnc3)CC2)ccc1C. The number of hydrogen-bond acceptors (Lipinski definition) is 4. The number of aryl methyl sites for hydroxylation is 1. The van der Waals surface area contributed by atoms with Crippen molar-refractivity contribution < 1.29 is 13.2 Å². The van der Waals surface area contributed by atoms with E-state index < -0.39 is 10.0 Å². The summed E-state index contributed by atoms with van der Waals surface area (Å²) in [6.45, 7) is 7.49. The number of sulfonamides is 1. The Hall–Kier alpha value is -2.19. The lowest BCUT2D eigenvalue weighted by molar-refractivity contribution is 0.0694. The molecule has 1 aromatic heterocycles. The van der Waals surface area contributed by atoms with Crippen molar-refractivity contribution in [3.8, 4) is 0 Å². The van der Waals surface area contributed by atoms with E-state index in [4.69, 9.17) is 0 Å². The van der Waals surface area contributed by atoms with Gasteiger partial charge in [-0.3, -0.25) is 4.79 Å². The zero-order valence-electron chi connectivity index (χ0n) is 16.7. The minimum atomic E-state index is -3.60. The number of hydrogen-bond donors (Lipinski definition) is 0. The molecule has 1 aliphatic heterocycles. The Morgan fingerprint density at radius 2 is 1.89 bits per heavy atom. The van der Waals surface area contributed by atoms with Gasteiger partial charge in [-0.25, -0.2) is 13.4 Å². The van der Waals surface area contributed by atoms with Crippen LogP contribution >= 0.6 is 0 Å². The summed E-state index contributed by atoms with van der Waals surface area (Å²) >= 11 is 0. The van der Waals surface area contributed by atoms with Gasteiger partial charge in [0.15, 0.2) is 0 Å². The van der Waals surface area contributed by atoms with E-state index in [-0.39, 0.29) is 10.8 Å². The third-order valence-electron chi connectivity index (χ3n) is 5.46. The molecule has 2 aromatic rings. The molecule has 0 spiro atoms. The first-order chi connectivity index (χ1) is 13.4. The molecule has 1 amide bonds. The van der Waals surface area contributed by atoms with E-state index >= 15 is 0 Å². The van der Waals surface area contributed by atoms with Crippen molar-refractivity contribution in [2.45, 2.75) is 44.6 Å². The fraction of sp³-hybridized carbons (Fsp3) is 0.500. The number of likely N-dealkylation sites (tertiary alicyclic amines) is 1. The van der Waals surface area contributed by atoms with Crippen LogP contribution in [-0.4, -0.2) is 59.3 Å². The molecule has 1 aliphatic rings. The predicted molar refractivity (Wildman–Crippen MR) is 108 cm³/mol. The molecule has 1 fully saturated rings. The van der Waals surface area contributed by atoms with Gasteiger partial charge in [-0.05, 0) is 37.5 Å². The van der Waals surface area contributed by atoms with E-state index in [1.165, 1.54) is 10.4 Å². The monoisotopic (exact) mass is 404 g/mol. The van der Waals surface area contributed by atoms with Crippen LogP contribution in [0.25, 0.3) is 0 Å². The molecule has 2 heterocycles. The molecular formula is C20H28N4O3S. The van der Waals surface area contributed by atoms with Gasteiger partial charge in [0.1, 0.15) is 0 Å². The zero-order chi connectivity index (χ0) is 20.3. The molecule has 3 rings (SSSR count). The molecule has 0 radical (unpaired) electrons. The van der Waals surface area contributed by atoms with Crippen LogP contribution in [0.4, 0.5) is 0 Å². The third-order valence-corrected chi connectivity index (χ3v) is 7.65. The lowest BCUT2D eigenvalue weighted by Gasteiger charge is -2.32. The first kappa shape index (κ1) is 20.5. The summed E-state index contributed by atoms with van der Waals surface area (Å²) < 4.78 is 29.4. The average Bonchev–Trinajstić information content (AvgIpc) is 3.23. The third kappa shape index (κ3) is 3.98. The van der Waals surface area contributed by atoms with Crippen molar-refractivity contribution in [1.29, 1.82) is 0 Å². The van der Waals surface area contributed by atoms with Gasteiger partial charge in [-0.1, -0.05) is 19.9 Å². The molecule has 8 heteroatoms. The van der Waals surface area contributed by atoms with Crippen LogP contribution in [0.1, 0.15) is 48.7 Å². The fourth-order valence-corrected chi connectivity index (χ4v) is 5.46. The molecule has 0 unspecified atom stereocenters. The molecule has 0 atom stereocenters. The quantitative estimate of drug-likeness (QED) is 0.742. The van der Waals surface area contributed by atoms with Crippen LogP contribution in [0.15, 0.2) is 41.8 Å². The second-order valence-electron chi connectivity index (χ2n) is 7.10. The first-order valence-electron chi connectivity index (χ1n) is 9.76. The van der Waals surface area contributed by atoms with Gasteiger partial charge in [0, 0.05) is 50.2 Å². The molecule has 0 aliphatic carbocycles. The summed E-state index contributed by atoms with van der Waals surface area (Å²) in [7, 11) is -3.60. The van der Waals surface area contributed by atoms with E-state index in [0.717, 1.165) is 12.8 Å². The van der Waals surface area contributed by atoms with Crippen LogP contribution in [-0.2, 0) is 10.0 Å². The number of benzene rings is 1. The number of imidazole rings is 1. The minimum absolute atomic E-state index is 0.111. The number of rotatable bonds is 6. The van der Waals surface area contributed by atoms with E-state index in [0.29, 0.717) is 43.3 Å². The Bertz CT molecular complexity index is 913. The van der Waals surface area contributed by atoms with Crippen molar-refractivity contribution in [2.75, 3.05) is 26.2 Å². The van der Waals surface area contributed by atoms with Crippen molar-refractivity contribution >= 4 is 15.9 Å². The number of amides is 1. The number of carbonyl (C=O) groups is 1. The summed E-state index contributed by atoms with van der Waals surface area (Å²) in [6, 6.07) is 5.33. The number of nitrogens with zero attached hydrogens (tertiary/aromatic N) is 4. The lowest BCUT2D eigenvalue weighted by atomic mass is 10.0. The maximum Gasteiger partial charge on any atom is 0.253 e. The molecule has 0 saturated carbocycles. The lowest BCUT2D eigenvalue weighted by Crippen LogP contribution is -2.39. The number of piperidine rings is 1. The van der Waals surface area contributed by atoms with Gasteiger partial charge in [0.2, 0.25) is 10.0 Å². The maximum absolute atomic E-state index is 13.0. The standard InChI is InChI=1S/C20H28N4O3S/c1-4-24(5-2)28(26,27)19-14-17(7-6-16(19)3)20(25)22-11-8-18(9-12-22)23-13-10-21-15-23/h6-7,10,13-15,18H,4-5,8-9,11-12H2,1-3H3. The van der Waals surface area contributed by atoms with Crippen LogP contribution < -0.4 is 0 Å². The van der Waals surface area contributed by atoms with E-state index in [2.05, 4.69) is 9.55 Å². The topological polar surface area (TPSA) is 75.5 Å². The molecule has 152 valence electrons. The second kappa shape index (κ2) is 8.45. The summed E-state index contributed by atoms with van der Waals surface area (Å²) in [5, 5.41) is 0. The Morgan fingerprint density at radius 1 is 1.21 bits per heavy atom. The molecule has 1 saturated heterocycles.